The van der Waals surface area contributed by atoms with E-state index >= 15 is 0 Å². The Balaban J connectivity index is 2.70. The molecule has 0 saturated carbocycles. The van der Waals surface area contributed by atoms with Crippen LogP contribution in [0.25, 0.3) is 10.9 Å². The SMILES string of the molecule is O=[C]C(O)c1ccnc2ccccc12. The van der Waals surface area contributed by atoms with Crippen molar-refractivity contribution in [3.05, 3.63) is 42.1 Å². The van der Waals surface area contributed by atoms with Gasteiger partial charge < -0.3 is 5.11 Å². The van der Waals surface area contributed by atoms with Crippen LogP contribution in [-0.2, 0) is 4.79 Å². The third-order valence-electron chi connectivity index (χ3n) is 2.09. The molecule has 0 spiro atoms. The quantitative estimate of drug-likeness (QED) is 0.770. The molecule has 0 fully saturated rings. The Labute approximate surface area is 81.0 Å². The zero-order chi connectivity index (χ0) is 9.97. The average Bonchev–Trinajstić information content (AvgIpc) is 2.27. The molecule has 3 heteroatoms. The van der Waals surface area contributed by atoms with Crippen LogP contribution in [0.4, 0.5) is 0 Å². The minimum atomic E-state index is -1.19. The fraction of sp³-hybridized carbons (Fsp3) is 0.0909. The molecule has 0 aliphatic carbocycles. The molecule has 0 amide bonds. The summed E-state index contributed by atoms with van der Waals surface area (Å²) in [4.78, 5) is 14.5. The number of aliphatic hydroxyl groups is 1. The van der Waals surface area contributed by atoms with Gasteiger partial charge in [0.05, 0.1) is 5.52 Å². The number of pyridine rings is 1. The summed E-state index contributed by atoms with van der Waals surface area (Å²) < 4.78 is 0. The van der Waals surface area contributed by atoms with Crippen LogP contribution in [0.1, 0.15) is 11.7 Å². The largest absolute Gasteiger partial charge is 0.380 e. The van der Waals surface area contributed by atoms with Gasteiger partial charge in [0.1, 0.15) is 6.10 Å². The van der Waals surface area contributed by atoms with Gasteiger partial charge in [-0.2, -0.15) is 0 Å². The van der Waals surface area contributed by atoms with Crippen molar-refractivity contribution < 1.29 is 9.90 Å². The Hall–Kier alpha value is -1.74. The molecule has 2 aromatic rings. The van der Waals surface area contributed by atoms with Crippen LogP contribution < -0.4 is 0 Å². The van der Waals surface area contributed by atoms with Gasteiger partial charge in [-0.3, -0.25) is 9.78 Å². The molecule has 1 aromatic heterocycles. The zero-order valence-corrected chi connectivity index (χ0v) is 7.34. The molecule has 1 aromatic carbocycles. The number of para-hydroxylation sites is 1. The Kier molecular flexibility index (Phi) is 2.24. The van der Waals surface area contributed by atoms with Crippen LogP contribution in [0.3, 0.4) is 0 Å². The number of nitrogens with zero attached hydrogens (tertiary/aromatic N) is 1. The van der Waals surface area contributed by atoms with Gasteiger partial charge in [0.2, 0.25) is 6.29 Å². The van der Waals surface area contributed by atoms with Crippen molar-refractivity contribution in [3.63, 3.8) is 0 Å². The maximum Gasteiger partial charge on any atom is 0.234 e. The highest BCUT2D eigenvalue weighted by Crippen LogP contribution is 2.20. The first-order valence-electron chi connectivity index (χ1n) is 4.22. The van der Waals surface area contributed by atoms with Crippen molar-refractivity contribution in [2.45, 2.75) is 6.10 Å². The first-order chi connectivity index (χ1) is 6.83. The van der Waals surface area contributed by atoms with Gasteiger partial charge in [-0.05, 0) is 17.7 Å². The second-order valence-electron chi connectivity index (χ2n) is 2.94. The van der Waals surface area contributed by atoms with Crippen molar-refractivity contribution in [3.8, 4) is 0 Å². The fourth-order valence-corrected chi connectivity index (χ4v) is 1.42. The maximum atomic E-state index is 10.4. The molecule has 69 valence electrons. The molecule has 0 saturated heterocycles. The Morgan fingerprint density at radius 3 is 2.86 bits per heavy atom. The smallest absolute Gasteiger partial charge is 0.234 e. The number of aromatic nitrogens is 1. The minimum Gasteiger partial charge on any atom is -0.380 e. The van der Waals surface area contributed by atoms with Crippen LogP contribution in [0.15, 0.2) is 36.5 Å². The van der Waals surface area contributed by atoms with Crippen LogP contribution in [-0.4, -0.2) is 16.4 Å². The van der Waals surface area contributed by atoms with Gasteiger partial charge in [0.25, 0.3) is 0 Å². The van der Waals surface area contributed by atoms with Gasteiger partial charge in [-0.1, -0.05) is 18.2 Å². The molecule has 1 heterocycles. The molecule has 1 radical (unpaired) electrons. The normalized spacial score (nSPS) is 12.6. The highest BCUT2D eigenvalue weighted by atomic mass is 16.3. The van der Waals surface area contributed by atoms with E-state index in [1.54, 1.807) is 18.5 Å². The van der Waals surface area contributed by atoms with Crippen LogP contribution in [0.5, 0.6) is 0 Å². The summed E-state index contributed by atoms with van der Waals surface area (Å²) in [6.45, 7) is 0. The molecule has 3 nitrogen and oxygen atoms in total. The van der Waals surface area contributed by atoms with Crippen LogP contribution in [0, 0.1) is 0 Å². The lowest BCUT2D eigenvalue weighted by atomic mass is 10.1. The molecule has 14 heavy (non-hydrogen) atoms. The number of hydrogen-bond acceptors (Lipinski definition) is 3. The van der Waals surface area contributed by atoms with Gasteiger partial charge in [0.15, 0.2) is 0 Å². The standard InChI is InChI=1S/C11H8NO2/c13-7-11(14)9-5-6-12-10-4-2-1-3-8(9)10/h1-6,11,14H. The summed E-state index contributed by atoms with van der Waals surface area (Å²) in [6.07, 6.45) is 1.93. The van der Waals surface area contributed by atoms with E-state index in [4.69, 9.17) is 0 Å². The summed E-state index contributed by atoms with van der Waals surface area (Å²) in [7, 11) is 0. The Morgan fingerprint density at radius 2 is 2.07 bits per heavy atom. The minimum absolute atomic E-state index is 0.547. The van der Waals surface area contributed by atoms with E-state index in [1.807, 2.05) is 24.3 Å². The number of carbonyl (C=O) groups excluding carboxylic acids is 1. The molecule has 0 aliphatic rings. The zero-order valence-electron chi connectivity index (χ0n) is 7.34. The van der Waals surface area contributed by atoms with Gasteiger partial charge in [0, 0.05) is 11.6 Å². The van der Waals surface area contributed by atoms with E-state index in [0.717, 1.165) is 10.9 Å². The Morgan fingerprint density at radius 1 is 1.29 bits per heavy atom. The fourth-order valence-electron chi connectivity index (χ4n) is 1.42. The van der Waals surface area contributed by atoms with Crippen molar-refractivity contribution in [1.82, 2.24) is 4.98 Å². The topological polar surface area (TPSA) is 50.2 Å². The van der Waals surface area contributed by atoms with Crippen molar-refractivity contribution in [1.29, 1.82) is 0 Å². The first-order valence-corrected chi connectivity index (χ1v) is 4.22. The summed E-state index contributed by atoms with van der Waals surface area (Å²) in [5.74, 6) is 0. The van der Waals surface area contributed by atoms with E-state index in [1.165, 1.54) is 0 Å². The van der Waals surface area contributed by atoms with Gasteiger partial charge in [-0.15, -0.1) is 0 Å². The van der Waals surface area contributed by atoms with Crippen molar-refractivity contribution in [2.24, 2.45) is 0 Å². The van der Waals surface area contributed by atoms with Crippen LogP contribution >= 0.6 is 0 Å². The highest BCUT2D eigenvalue weighted by Gasteiger charge is 2.10. The maximum absolute atomic E-state index is 10.4. The number of rotatable bonds is 2. The predicted molar refractivity (Wildman–Crippen MR) is 52.4 cm³/mol. The highest BCUT2D eigenvalue weighted by molar-refractivity contribution is 5.84. The molecule has 1 atom stereocenters. The van der Waals surface area contributed by atoms with E-state index < -0.39 is 6.10 Å². The Bertz CT molecular complexity index is 462. The van der Waals surface area contributed by atoms with Gasteiger partial charge >= 0.3 is 0 Å². The third-order valence-corrected chi connectivity index (χ3v) is 2.09. The molecular formula is C11H8NO2. The summed E-state index contributed by atoms with van der Waals surface area (Å²) in [5, 5.41) is 10.2. The van der Waals surface area contributed by atoms with Crippen LogP contribution in [0.2, 0.25) is 0 Å². The second kappa shape index (κ2) is 3.55. The van der Waals surface area contributed by atoms with E-state index in [0.29, 0.717) is 5.56 Å². The number of benzene rings is 1. The molecular weight excluding hydrogens is 178 g/mol. The predicted octanol–water partition coefficient (Wildman–Crippen LogP) is 1.38. The number of hydrogen-bond donors (Lipinski definition) is 1. The lowest BCUT2D eigenvalue weighted by Gasteiger charge is -2.05. The lowest BCUT2D eigenvalue weighted by molar-refractivity contribution is 0.241. The van der Waals surface area contributed by atoms with E-state index in [9.17, 15) is 9.90 Å². The van der Waals surface area contributed by atoms with E-state index in [-0.39, 0.29) is 0 Å². The summed E-state index contributed by atoms with van der Waals surface area (Å²) in [6, 6.07) is 8.97. The monoisotopic (exact) mass is 186 g/mol. The lowest BCUT2D eigenvalue weighted by Crippen LogP contribution is -1.99. The molecule has 0 bridgehead atoms. The second-order valence-corrected chi connectivity index (χ2v) is 2.94. The summed E-state index contributed by atoms with van der Waals surface area (Å²) in [5.41, 5.74) is 1.31. The first kappa shape index (κ1) is 8.84. The number of fused-ring (bicyclic) bond motifs is 1. The molecule has 0 aliphatic heterocycles. The van der Waals surface area contributed by atoms with Crippen molar-refractivity contribution in [2.75, 3.05) is 0 Å². The molecule has 2 rings (SSSR count). The molecule has 1 N–H and O–H groups in total. The summed E-state index contributed by atoms with van der Waals surface area (Å²) >= 11 is 0. The third kappa shape index (κ3) is 1.38. The van der Waals surface area contributed by atoms with Crippen molar-refractivity contribution >= 4 is 17.2 Å². The average molecular weight is 186 g/mol. The van der Waals surface area contributed by atoms with E-state index in [2.05, 4.69) is 4.98 Å². The molecule has 1 unspecified atom stereocenters. The number of aliphatic hydroxyl groups excluding tert-OH is 1. The van der Waals surface area contributed by atoms with Gasteiger partial charge in [-0.25, -0.2) is 0 Å².